The molecule has 4 amide bonds. The summed E-state index contributed by atoms with van der Waals surface area (Å²) in [6.45, 7) is 1.25. The highest BCUT2D eigenvalue weighted by Crippen LogP contribution is 2.35. The summed E-state index contributed by atoms with van der Waals surface area (Å²) in [6, 6.07) is 1.67. The summed E-state index contributed by atoms with van der Waals surface area (Å²) in [5, 5.41) is 5.07. The molecule has 3 aliphatic rings. The number of furan rings is 1. The molecular weight excluding hydrogens is 446 g/mol. The Labute approximate surface area is 195 Å². The van der Waals surface area contributed by atoms with Crippen LogP contribution in [0.1, 0.15) is 38.0 Å². The van der Waals surface area contributed by atoms with Crippen molar-refractivity contribution < 1.29 is 37.9 Å². The van der Waals surface area contributed by atoms with E-state index in [1.807, 2.05) is 12.2 Å². The Hall–Kier alpha value is -3.89. The lowest BCUT2D eigenvalue weighted by molar-refractivity contribution is -0.146. The topological polar surface area (TPSA) is 144 Å². The van der Waals surface area contributed by atoms with E-state index in [1.54, 1.807) is 19.1 Å². The Balaban J connectivity index is 1.42. The van der Waals surface area contributed by atoms with Crippen LogP contribution in [0, 0.1) is 11.8 Å². The van der Waals surface area contributed by atoms with Crippen molar-refractivity contribution in [1.82, 2.24) is 15.5 Å². The van der Waals surface area contributed by atoms with Gasteiger partial charge in [-0.05, 0) is 31.9 Å². The predicted octanol–water partition coefficient (Wildman–Crippen LogP) is 1.34. The second-order valence-corrected chi connectivity index (χ2v) is 8.05. The Morgan fingerprint density at radius 3 is 2.44 bits per heavy atom. The Morgan fingerprint density at radius 2 is 1.82 bits per heavy atom. The van der Waals surface area contributed by atoms with Crippen molar-refractivity contribution in [3.05, 3.63) is 47.6 Å². The molecule has 3 heterocycles. The molecule has 34 heavy (non-hydrogen) atoms. The molecule has 11 nitrogen and oxygen atoms in total. The molecule has 0 unspecified atom stereocenters. The first-order valence-corrected chi connectivity index (χ1v) is 11.1. The molecule has 1 fully saturated rings. The predicted molar refractivity (Wildman–Crippen MR) is 114 cm³/mol. The molecule has 0 aromatic carbocycles. The van der Waals surface area contributed by atoms with Crippen LogP contribution in [0.15, 0.2) is 46.2 Å². The summed E-state index contributed by atoms with van der Waals surface area (Å²) < 4.78 is 15.7. The SMILES string of the molecule is CCOC(=O)C1=C(COC(=O)CCN2C(=O)[C@@H]3CC=CC[C@H]3C2=O)NC(=O)N[C@H]1c1ccco1. The van der Waals surface area contributed by atoms with Crippen molar-refractivity contribution in [2.75, 3.05) is 19.8 Å². The molecule has 3 atom stereocenters. The fourth-order valence-electron chi connectivity index (χ4n) is 4.37. The molecule has 1 aliphatic carbocycles. The number of fused-ring (bicyclic) bond motifs is 1. The number of nitrogens with zero attached hydrogens (tertiary/aromatic N) is 1. The number of imide groups is 1. The van der Waals surface area contributed by atoms with Gasteiger partial charge in [0.1, 0.15) is 18.4 Å². The monoisotopic (exact) mass is 471 g/mol. The van der Waals surface area contributed by atoms with E-state index in [1.165, 1.54) is 6.26 Å². The first-order valence-electron chi connectivity index (χ1n) is 11.1. The highest BCUT2D eigenvalue weighted by molar-refractivity contribution is 6.05. The van der Waals surface area contributed by atoms with Gasteiger partial charge in [0.2, 0.25) is 11.8 Å². The fraction of sp³-hybridized carbons (Fsp3) is 0.435. The van der Waals surface area contributed by atoms with Crippen LogP contribution >= 0.6 is 0 Å². The summed E-state index contributed by atoms with van der Waals surface area (Å²) in [7, 11) is 0. The second-order valence-electron chi connectivity index (χ2n) is 8.05. The molecule has 0 radical (unpaired) electrons. The molecule has 0 saturated carbocycles. The first kappa shape index (κ1) is 23.3. The van der Waals surface area contributed by atoms with Crippen LogP contribution < -0.4 is 10.6 Å². The fourth-order valence-corrected chi connectivity index (χ4v) is 4.37. The zero-order valence-electron chi connectivity index (χ0n) is 18.6. The number of hydrogen-bond donors (Lipinski definition) is 2. The molecular formula is C23H25N3O8. The number of allylic oxidation sites excluding steroid dienone is 2. The minimum absolute atomic E-state index is 0.0469. The lowest BCUT2D eigenvalue weighted by Crippen LogP contribution is -2.47. The van der Waals surface area contributed by atoms with Crippen LogP contribution in [0.2, 0.25) is 0 Å². The quantitative estimate of drug-likeness (QED) is 0.328. The van der Waals surface area contributed by atoms with Crippen LogP contribution in [0.3, 0.4) is 0 Å². The molecule has 11 heteroatoms. The molecule has 1 saturated heterocycles. The number of amides is 4. The normalized spacial score (nSPS) is 24.0. The van der Waals surface area contributed by atoms with Crippen molar-refractivity contribution in [3.8, 4) is 0 Å². The number of hydrogen-bond acceptors (Lipinski definition) is 8. The van der Waals surface area contributed by atoms with E-state index in [2.05, 4.69) is 10.6 Å². The van der Waals surface area contributed by atoms with E-state index in [0.717, 1.165) is 4.90 Å². The lowest BCUT2D eigenvalue weighted by atomic mass is 9.85. The number of rotatable bonds is 8. The van der Waals surface area contributed by atoms with Crippen molar-refractivity contribution in [1.29, 1.82) is 0 Å². The molecule has 1 aromatic rings. The number of urea groups is 1. The Morgan fingerprint density at radius 1 is 1.12 bits per heavy atom. The molecule has 2 aliphatic heterocycles. The summed E-state index contributed by atoms with van der Waals surface area (Å²) in [4.78, 5) is 63.4. The lowest BCUT2D eigenvalue weighted by Gasteiger charge is -2.27. The van der Waals surface area contributed by atoms with Crippen LogP contribution in [0.4, 0.5) is 4.79 Å². The minimum atomic E-state index is -0.923. The number of carbonyl (C=O) groups is 5. The third-order valence-corrected chi connectivity index (χ3v) is 5.99. The average molecular weight is 471 g/mol. The van der Waals surface area contributed by atoms with E-state index < -0.39 is 30.6 Å². The molecule has 0 spiro atoms. The van der Waals surface area contributed by atoms with E-state index in [0.29, 0.717) is 18.6 Å². The van der Waals surface area contributed by atoms with Gasteiger partial charge in [-0.2, -0.15) is 0 Å². The maximum absolute atomic E-state index is 12.6. The molecule has 0 bridgehead atoms. The number of carbonyl (C=O) groups excluding carboxylic acids is 5. The van der Waals surface area contributed by atoms with Crippen LogP contribution in [-0.2, 0) is 28.7 Å². The number of ether oxygens (including phenoxy) is 2. The van der Waals surface area contributed by atoms with Gasteiger partial charge < -0.3 is 24.5 Å². The van der Waals surface area contributed by atoms with Gasteiger partial charge in [-0.15, -0.1) is 0 Å². The smallest absolute Gasteiger partial charge is 0.338 e. The highest BCUT2D eigenvalue weighted by Gasteiger charge is 2.47. The largest absolute Gasteiger partial charge is 0.467 e. The minimum Gasteiger partial charge on any atom is -0.467 e. The van der Waals surface area contributed by atoms with E-state index >= 15 is 0 Å². The average Bonchev–Trinajstić information content (AvgIpc) is 3.44. The number of nitrogens with one attached hydrogen (secondary N) is 2. The highest BCUT2D eigenvalue weighted by atomic mass is 16.5. The summed E-state index contributed by atoms with van der Waals surface area (Å²) in [5.41, 5.74) is 0.105. The van der Waals surface area contributed by atoms with Gasteiger partial charge in [-0.25, -0.2) is 9.59 Å². The van der Waals surface area contributed by atoms with Gasteiger partial charge in [0.15, 0.2) is 0 Å². The summed E-state index contributed by atoms with van der Waals surface area (Å²) >= 11 is 0. The Kier molecular flexibility index (Phi) is 6.80. The zero-order valence-corrected chi connectivity index (χ0v) is 18.6. The first-order chi connectivity index (χ1) is 16.4. The molecule has 4 rings (SSSR count). The van der Waals surface area contributed by atoms with Crippen LogP contribution in [0.25, 0.3) is 0 Å². The number of esters is 2. The van der Waals surface area contributed by atoms with Crippen molar-refractivity contribution in [2.24, 2.45) is 11.8 Å². The van der Waals surface area contributed by atoms with Crippen molar-refractivity contribution in [3.63, 3.8) is 0 Å². The second kappa shape index (κ2) is 9.94. The van der Waals surface area contributed by atoms with Gasteiger partial charge in [0.25, 0.3) is 0 Å². The van der Waals surface area contributed by atoms with Gasteiger partial charge >= 0.3 is 18.0 Å². The van der Waals surface area contributed by atoms with Gasteiger partial charge in [0.05, 0.1) is 42.4 Å². The van der Waals surface area contributed by atoms with Crippen LogP contribution in [0.5, 0.6) is 0 Å². The van der Waals surface area contributed by atoms with Crippen molar-refractivity contribution >= 4 is 29.8 Å². The number of likely N-dealkylation sites (tertiary alicyclic amines) is 1. The van der Waals surface area contributed by atoms with Gasteiger partial charge in [0, 0.05) is 6.54 Å². The summed E-state index contributed by atoms with van der Waals surface area (Å²) in [5.74, 6) is -2.36. The maximum Gasteiger partial charge on any atom is 0.338 e. The molecule has 2 N–H and O–H groups in total. The zero-order chi connectivity index (χ0) is 24.2. The third kappa shape index (κ3) is 4.59. The van der Waals surface area contributed by atoms with Crippen molar-refractivity contribution in [2.45, 2.75) is 32.2 Å². The van der Waals surface area contributed by atoms with E-state index in [9.17, 15) is 24.0 Å². The molecule has 180 valence electrons. The molecule has 1 aromatic heterocycles. The van der Waals surface area contributed by atoms with Gasteiger partial charge in [-0.3, -0.25) is 19.3 Å². The van der Waals surface area contributed by atoms with E-state index in [4.69, 9.17) is 13.9 Å². The van der Waals surface area contributed by atoms with E-state index in [-0.39, 0.29) is 54.5 Å². The standard InChI is InChI=1S/C23H25N3O8/c1-2-32-22(30)18-15(24-23(31)25-19(18)16-8-5-11-33-16)12-34-17(27)9-10-26-20(28)13-6-3-4-7-14(13)21(26)29/h3-5,8,11,13-14,19H,2,6-7,9-10,12H2,1H3,(H2,24,25,31)/t13-,14-,19+/m1/s1. The third-order valence-electron chi connectivity index (χ3n) is 5.99. The Bertz CT molecular complexity index is 1030. The van der Waals surface area contributed by atoms with Gasteiger partial charge in [-0.1, -0.05) is 12.2 Å². The summed E-state index contributed by atoms with van der Waals surface area (Å²) in [6.07, 6.45) is 6.01. The van der Waals surface area contributed by atoms with Crippen LogP contribution in [-0.4, -0.2) is 54.4 Å². The maximum atomic E-state index is 12.6.